The van der Waals surface area contributed by atoms with Crippen LogP contribution in [0, 0.1) is 5.92 Å². The van der Waals surface area contributed by atoms with Crippen LogP contribution in [0.5, 0.6) is 0 Å². The van der Waals surface area contributed by atoms with Gasteiger partial charge in [0, 0.05) is 14.1 Å². The highest BCUT2D eigenvalue weighted by Gasteiger charge is 2.28. The maximum Gasteiger partial charge on any atom is 0.255 e. The molecular formula is C16H23N3O2. The first-order valence-corrected chi connectivity index (χ1v) is 7.35. The van der Waals surface area contributed by atoms with Crippen molar-refractivity contribution >= 4 is 17.5 Å². The first-order chi connectivity index (χ1) is 10.0. The summed E-state index contributed by atoms with van der Waals surface area (Å²) in [6, 6.07) is 6.92. The second kappa shape index (κ2) is 6.72. The van der Waals surface area contributed by atoms with Gasteiger partial charge in [-0.1, -0.05) is 19.1 Å². The number of hydrogen-bond acceptors (Lipinski definition) is 3. The van der Waals surface area contributed by atoms with Gasteiger partial charge in [-0.25, -0.2) is 0 Å². The van der Waals surface area contributed by atoms with E-state index in [-0.39, 0.29) is 17.9 Å². The normalized spacial score (nSPS) is 21.7. The lowest BCUT2D eigenvalue weighted by atomic mass is 9.92. The van der Waals surface area contributed by atoms with E-state index in [1.54, 1.807) is 32.3 Å². The van der Waals surface area contributed by atoms with E-state index in [2.05, 4.69) is 17.6 Å². The van der Waals surface area contributed by atoms with E-state index in [4.69, 9.17) is 0 Å². The third-order valence-corrected chi connectivity index (χ3v) is 3.87. The first-order valence-electron chi connectivity index (χ1n) is 7.35. The number of benzene rings is 1. The van der Waals surface area contributed by atoms with Crippen molar-refractivity contribution < 1.29 is 9.59 Å². The summed E-state index contributed by atoms with van der Waals surface area (Å²) in [6.07, 6.45) is 2.14. The van der Waals surface area contributed by atoms with Crippen molar-refractivity contribution in [3.05, 3.63) is 29.8 Å². The van der Waals surface area contributed by atoms with Gasteiger partial charge in [0.25, 0.3) is 5.91 Å². The third-order valence-electron chi connectivity index (χ3n) is 3.87. The molecule has 0 bridgehead atoms. The average molecular weight is 289 g/mol. The number of amides is 2. The molecule has 1 aliphatic heterocycles. The number of hydrogen-bond donors (Lipinski definition) is 2. The molecule has 1 fully saturated rings. The number of para-hydroxylation sites is 1. The maximum absolute atomic E-state index is 12.4. The molecule has 114 valence electrons. The Morgan fingerprint density at radius 1 is 1.29 bits per heavy atom. The molecule has 0 aromatic heterocycles. The van der Waals surface area contributed by atoms with E-state index in [0.29, 0.717) is 17.2 Å². The van der Waals surface area contributed by atoms with Crippen molar-refractivity contribution in [3.63, 3.8) is 0 Å². The summed E-state index contributed by atoms with van der Waals surface area (Å²) in [5, 5.41) is 6.15. The van der Waals surface area contributed by atoms with Crippen molar-refractivity contribution in [3.8, 4) is 0 Å². The number of nitrogens with zero attached hydrogens (tertiary/aromatic N) is 1. The zero-order valence-electron chi connectivity index (χ0n) is 12.8. The first kappa shape index (κ1) is 15.5. The number of anilines is 1. The van der Waals surface area contributed by atoms with Gasteiger partial charge in [0.15, 0.2) is 0 Å². The van der Waals surface area contributed by atoms with E-state index >= 15 is 0 Å². The van der Waals surface area contributed by atoms with Crippen molar-refractivity contribution in [1.29, 1.82) is 0 Å². The van der Waals surface area contributed by atoms with Gasteiger partial charge in [0.05, 0.1) is 17.3 Å². The Labute approximate surface area is 125 Å². The van der Waals surface area contributed by atoms with E-state index in [1.165, 1.54) is 4.90 Å². The zero-order chi connectivity index (χ0) is 15.4. The Kier molecular flexibility index (Phi) is 4.96. The lowest BCUT2D eigenvalue weighted by Gasteiger charge is -2.29. The van der Waals surface area contributed by atoms with Crippen LogP contribution in [0.1, 0.15) is 30.1 Å². The minimum atomic E-state index is -0.193. The molecule has 1 aromatic rings. The van der Waals surface area contributed by atoms with Crippen LogP contribution in [0.3, 0.4) is 0 Å². The second-order valence-corrected chi connectivity index (χ2v) is 5.79. The Morgan fingerprint density at radius 3 is 2.67 bits per heavy atom. The smallest absolute Gasteiger partial charge is 0.255 e. The van der Waals surface area contributed by atoms with Crippen molar-refractivity contribution in [1.82, 2.24) is 10.2 Å². The number of nitrogens with one attached hydrogen (secondary N) is 2. The average Bonchev–Trinajstić information content (AvgIpc) is 2.47. The van der Waals surface area contributed by atoms with Crippen LogP contribution in [0.15, 0.2) is 24.3 Å². The van der Waals surface area contributed by atoms with Crippen molar-refractivity contribution in [2.24, 2.45) is 5.92 Å². The summed E-state index contributed by atoms with van der Waals surface area (Å²) in [5.41, 5.74) is 1.08. The quantitative estimate of drug-likeness (QED) is 0.890. The number of carbonyl (C=O) groups is 2. The Hall–Kier alpha value is -1.88. The largest absolute Gasteiger partial charge is 0.345 e. The number of carbonyl (C=O) groups excluding carboxylic acids is 2. The molecule has 1 heterocycles. The van der Waals surface area contributed by atoms with Crippen LogP contribution in [0.4, 0.5) is 5.69 Å². The molecule has 2 rings (SSSR count). The molecule has 2 amide bonds. The summed E-state index contributed by atoms with van der Waals surface area (Å²) < 4.78 is 0. The fourth-order valence-electron chi connectivity index (χ4n) is 2.63. The molecule has 0 saturated carbocycles. The topological polar surface area (TPSA) is 61.4 Å². The van der Waals surface area contributed by atoms with Gasteiger partial charge in [-0.2, -0.15) is 0 Å². The van der Waals surface area contributed by atoms with Crippen LogP contribution in [-0.4, -0.2) is 43.4 Å². The predicted octanol–water partition coefficient (Wildman–Crippen LogP) is 1.71. The Bertz CT molecular complexity index is 528. The Balaban J connectivity index is 2.16. The molecule has 5 nitrogen and oxygen atoms in total. The van der Waals surface area contributed by atoms with Crippen LogP contribution in [0.2, 0.25) is 0 Å². The molecule has 2 atom stereocenters. The molecule has 0 spiro atoms. The molecule has 0 aliphatic carbocycles. The highest BCUT2D eigenvalue weighted by Crippen LogP contribution is 2.20. The highest BCUT2D eigenvalue weighted by atomic mass is 16.2. The summed E-state index contributed by atoms with van der Waals surface area (Å²) in [4.78, 5) is 26.1. The Morgan fingerprint density at radius 2 is 2.00 bits per heavy atom. The fourth-order valence-corrected chi connectivity index (χ4v) is 2.63. The van der Waals surface area contributed by atoms with Crippen LogP contribution in [0.25, 0.3) is 0 Å². The molecule has 2 unspecified atom stereocenters. The predicted molar refractivity (Wildman–Crippen MR) is 83.3 cm³/mol. The SMILES string of the molecule is CC1CCCNC1C(=O)Nc1ccccc1C(=O)N(C)C. The number of piperidine rings is 1. The molecule has 0 radical (unpaired) electrons. The minimum absolute atomic E-state index is 0.0683. The molecule has 1 aromatic carbocycles. The number of rotatable bonds is 3. The van der Waals surface area contributed by atoms with Crippen molar-refractivity contribution in [2.75, 3.05) is 26.0 Å². The van der Waals surface area contributed by atoms with Gasteiger partial charge in [0.1, 0.15) is 0 Å². The lowest BCUT2D eigenvalue weighted by molar-refractivity contribution is -0.119. The highest BCUT2D eigenvalue weighted by molar-refractivity contribution is 6.04. The second-order valence-electron chi connectivity index (χ2n) is 5.79. The molecular weight excluding hydrogens is 266 g/mol. The summed E-state index contributed by atoms with van der Waals surface area (Å²) in [7, 11) is 3.40. The van der Waals surface area contributed by atoms with E-state index < -0.39 is 0 Å². The van der Waals surface area contributed by atoms with Gasteiger partial charge in [-0.05, 0) is 37.4 Å². The lowest BCUT2D eigenvalue weighted by Crippen LogP contribution is -2.48. The summed E-state index contributed by atoms with van der Waals surface area (Å²) >= 11 is 0. The molecule has 1 saturated heterocycles. The fraction of sp³-hybridized carbons (Fsp3) is 0.500. The van der Waals surface area contributed by atoms with Gasteiger partial charge in [0.2, 0.25) is 5.91 Å². The van der Waals surface area contributed by atoms with E-state index in [9.17, 15) is 9.59 Å². The standard InChI is InChI=1S/C16H23N3O2/c1-11-7-6-10-17-14(11)15(20)18-13-9-5-4-8-12(13)16(21)19(2)3/h4-5,8-9,11,14,17H,6-7,10H2,1-3H3,(H,18,20). The van der Waals surface area contributed by atoms with Crippen LogP contribution in [-0.2, 0) is 4.79 Å². The molecule has 5 heteroatoms. The van der Waals surface area contributed by atoms with E-state index in [1.807, 2.05) is 6.07 Å². The molecule has 2 N–H and O–H groups in total. The van der Waals surface area contributed by atoms with Gasteiger partial charge in [-0.15, -0.1) is 0 Å². The minimum Gasteiger partial charge on any atom is -0.345 e. The monoisotopic (exact) mass is 289 g/mol. The summed E-state index contributed by atoms with van der Waals surface area (Å²) in [5.74, 6) is 0.118. The van der Waals surface area contributed by atoms with Crippen LogP contribution >= 0.6 is 0 Å². The maximum atomic E-state index is 12.4. The zero-order valence-corrected chi connectivity index (χ0v) is 12.8. The van der Waals surface area contributed by atoms with E-state index in [0.717, 1.165) is 19.4 Å². The van der Waals surface area contributed by atoms with Gasteiger partial charge in [-0.3, -0.25) is 9.59 Å². The molecule has 21 heavy (non-hydrogen) atoms. The summed E-state index contributed by atoms with van der Waals surface area (Å²) in [6.45, 7) is 2.94. The molecule has 1 aliphatic rings. The van der Waals surface area contributed by atoms with Crippen LogP contribution < -0.4 is 10.6 Å². The third kappa shape index (κ3) is 3.61. The van der Waals surface area contributed by atoms with Gasteiger partial charge < -0.3 is 15.5 Å². The van der Waals surface area contributed by atoms with Gasteiger partial charge >= 0.3 is 0 Å². The van der Waals surface area contributed by atoms with Crippen molar-refractivity contribution in [2.45, 2.75) is 25.8 Å².